The minimum Gasteiger partial charge on any atom is -0.305 e. The van der Waals surface area contributed by atoms with Crippen LogP contribution in [0, 0.1) is 67.0 Å². The Labute approximate surface area is 854 Å². The summed E-state index contributed by atoms with van der Waals surface area (Å²) in [6.45, 7) is 0.432. The number of benzene rings is 12. The second kappa shape index (κ2) is 56.9. The van der Waals surface area contributed by atoms with E-state index < -0.39 is 26.0 Å². The molecule has 672 valence electrons. The van der Waals surface area contributed by atoms with Crippen molar-refractivity contribution in [1.29, 1.82) is 0 Å². The number of hydrogen-bond donors (Lipinski definition) is 0. The number of rotatable bonds is 15. The van der Waals surface area contributed by atoms with E-state index >= 15 is 0 Å². The average Bonchev–Trinajstić information content (AvgIpc) is 0.758. The van der Waals surface area contributed by atoms with E-state index in [4.69, 9.17) is 12.3 Å². The van der Waals surface area contributed by atoms with Gasteiger partial charge in [0.2, 0.25) is 0 Å². The van der Waals surface area contributed by atoms with E-state index in [0.29, 0.717) is 39.1 Å². The first kappa shape index (κ1) is 90.8. The van der Waals surface area contributed by atoms with Crippen LogP contribution in [0.5, 0.6) is 0 Å². The van der Waals surface area contributed by atoms with E-state index in [2.05, 4.69) is 101 Å². The predicted octanol–water partition coefficient (Wildman–Crippen LogP) is 29.9. The van der Waals surface area contributed by atoms with Crippen LogP contribution in [0.1, 0.15) is 68.1 Å². The third kappa shape index (κ3) is 32.4. The number of pyridine rings is 8. The van der Waals surface area contributed by atoms with Gasteiger partial charge < -0.3 is 39.9 Å². The third-order valence-electron chi connectivity index (χ3n) is 19.8. The maximum Gasteiger partial charge on any atom is 0.123 e. The molecule has 0 saturated heterocycles. The van der Waals surface area contributed by atoms with Crippen molar-refractivity contribution in [2.24, 2.45) is 0 Å². The molecule has 14 heteroatoms. The standard InChI is InChI=1S/C20H17FN.C19H15FN.C19H16N.C18H14N.4C11H8N.4Ir/c1-14(2)18-12-20(16-6-4-3-5-7-16)22-13-19(18)15-8-10-17(21)11-9-15;1-2-14-12-19(16-6-4-3-5-7-16)21-13-18(14)15-8-10-17(20)11-9-15;1-2-15-8-10-16(11-9-15)18-12-13-19(20-14-18)17-6-4-3-5-7-17;1-14-7-9-15(10-8-14)17-11-12-18(19-13-17)16-5-3-2-4-6-16;4*1-2-6-10(7-3-1)11-8-4-5-9-12-11;;;;/h3-6,8-14H,1-2H3;3-6,8-13H,2H2,1H3;3-6,8-14H,2H2,1H3;2-5,7-13H,1H3;4*1-6,8-9H;;;;/q8*-1;;;;/i1D3,14D;;2D2;1D3;;;;;;;;. The molecular formula is C120H94F2Ir4N8-8. The third-order valence-corrected chi connectivity index (χ3v) is 19.8. The maximum atomic E-state index is 13.3. The van der Waals surface area contributed by atoms with E-state index in [9.17, 15) is 8.78 Å². The van der Waals surface area contributed by atoms with Gasteiger partial charge in [-0.25, -0.2) is 8.78 Å². The Balaban J connectivity index is 0.000000184. The molecule has 0 aliphatic carbocycles. The normalized spacial score (nSPS) is 11.7. The zero-order valence-corrected chi connectivity index (χ0v) is 82.7. The molecule has 1 unspecified atom stereocenters. The van der Waals surface area contributed by atoms with Crippen LogP contribution in [0.2, 0.25) is 0 Å². The number of nitrogens with zero attached hydrogens (tertiary/aromatic N) is 8. The molecular weight excluding hydrogens is 2360 g/mol. The van der Waals surface area contributed by atoms with Gasteiger partial charge in [-0.3, -0.25) is 0 Å². The molecule has 8 nitrogen and oxygen atoms in total. The molecule has 12 aromatic carbocycles. The van der Waals surface area contributed by atoms with Gasteiger partial charge in [-0.1, -0.05) is 191 Å². The summed E-state index contributed by atoms with van der Waals surface area (Å²) in [4.78, 5) is 34.8. The van der Waals surface area contributed by atoms with Gasteiger partial charge >= 0.3 is 0 Å². The molecule has 0 saturated carbocycles. The Morgan fingerprint density at radius 1 is 0.284 bits per heavy atom. The second-order valence-corrected chi connectivity index (χ2v) is 28.7. The zero-order chi connectivity index (χ0) is 97.7. The Morgan fingerprint density at radius 2 is 0.560 bits per heavy atom. The monoisotopic (exact) mass is 2470 g/mol. The van der Waals surface area contributed by atoms with Crippen molar-refractivity contribution in [1.82, 2.24) is 39.9 Å². The minimum absolute atomic E-state index is 0. The van der Waals surface area contributed by atoms with Crippen molar-refractivity contribution in [3.63, 3.8) is 0 Å². The number of aromatic nitrogens is 8. The van der Waals surface area contributed by atoms with E-state index in [-0.39, 0.29) is 92.1 Å². The first-order valence-electron chi connectivity index (χ1n) is 46.5. The second-order valence-electron chi connectivity index (χ2n) is 28.7. The van der Waals surface area contributed by atoms with Gasteiger partial charge in [-0.15, -0.1) is 287 Å². The quantitative estimate of drug-likeness (QED) is 0.0935. The first-order valence-corrected chi connectivity index (χ1v) is 42.0. The SMILES string of the molecule is CCc1cc(-c2[c-]cccc2)ncc1-c1ccc(F)cc1.[2H]C([2H])(C)c1ccc(-c2ccc(-c3[c-]cccc3)nc2)cc1.[2H]C([2H])([2H])C([2H])(C)c1cc(-c2[c-]cccc2)ncc1-c1ccc(F)cc1.[2H]C([2H])([2H])c1ccc(-c2ccc(-c3[c-]cccc3)nc2)cc1.[Ir].[Ir].[Ir].[Ir].[c-]1ccccc1-c1ccccn1.[c-]1ccccc1-c1ccccn1.[c-]1ccccc1-c1ccccn1.[c-]1ccccc1-c1ccccn1. The molecule has 8 aromatic heterocycles. The van der Waals surface area contributed by atoms with Crippen LogP contribution >= 0.6 is 0 Å². The molecule has 1 atom stereocenters. The molecule has 0 amide bonds. The van der Waals surface area contributed by atoms with Gasteiger partial charge in [-0.05, 0) is 170 Å². The van der Waals surface area contributed by atoms with Gasteiger partial charge in [0.05, 0.1) is 0 Å². The molecule has 134 heavy (non-hydrogen) atoms. The molecule has 0 N–H and O–H groups in total. The summed E-state index contributed by atoms with van der Waals surface area (Å²) >= 11 is 0. The predicted molar refractivity (Wildman–Crippen MR) is 527 cm³/mol. The summed E-state index contributed by atoms with van der Waals surface area (Å²) in [5.74, 6) is -2.47. The van der Waals surface area contributed by atoms with Gasteiger partial charge in [0.25, 0.3) is 0 Å². The summed E-state index contributed by atoms with van der Waals surface area (Å²) in [6, 6.07) is 149. The van der Waals surface area contributed by atoms with Gasteiger partial charge in [-0.2, -0.15) is 0 Å². The fourth-order valence-electron chi connectivity index (χ4n) is 13.0. The van der Waals surface area contributed by atoms with Crippen LogP contribution in [0.3, 0.4) is 0 Å². The van der Waals surface area contributed by atoms with Gasteiger partial charge in [0, 0.05) is 153 Å². The van der Waals surface area contributed by atoms with Crippen LogP contribution in [-0.4, -0.2) is 39.9 Å². The molecule has 0 spiro atoms. The van der Waals surface area contributed by atoms with Crippen LogP contribution in [0.15, 0.2) is 450 Å². The van der Waals surface area contributed by atoms with Crippen LogP contribution in [0.25, 0.3) is 135 Å². The van der Waals surface area contributed by atoms with Crippen molar-refractivity contribution < 1.29 is 102 Å². The number of halogens is 2. The van der Waals surface area contributed by atoms with Gasteiger partial charge in [0.1, 0.15) is 11.6 Å². The molecule has 4 radical (unpaired) electrons. The molecule has 0 aliphatic rings. The van der Waals surface area contributed by atoms with Crippen LogP contribution in [-0.2, 0) is 93.2 Å². The van der Waals surface area contributed by atoms with Crippen molar-refractivity contribution in [3.8, 4) is 135 Å². The van der Waals surface area contributed by atoms with E-state index in [1.54, 1.807) is 86.4 Å². The zero-order valence-electron chi connectivity index (χ0n) is 82.1. The summed E-state index contributed by atoms with van der Waals surface area (Å²) < 4.78 is 95.9. The minimum atomic E-state index is -2.54. The average molecular weight is 2460 g/mol. The first-order chi connectivity index (χ1) is 67.4. The van der Waals surface area contributed by atoms with Crippen molar-refractivity contribution in [3.05, 3.63) is 532 Å². The van der Waals surface area contributed by atoms with Gasteiger partial charge in [0.15, 0.2) is 0 Å². The van der Waals surface area contributed by atoms with E-state index in [0.717, 1.165) is 119 Å². The van der Waals surface area contributed by atoms with E-state index in [1.165, 1.54) is 42.9 Å². The Hall–Kier alpha value is -13.7. The summed E-state index contributed by atoms with van der Waals surface area (Å²) in [6.07, 6.45) is 13.8. The smallest absolute Gasteiger partial charge is 0.123 e. The van der Waals surface area contributed by atoms with Crippen molar-refractivity contribution in [2.75, 3.05) is 0 Å². The molecule has 20 aromatic rings. The Kier molecular flexibility index (Phi) is 38.6. The molecule has 0 bridgehead atoms. The maximum absolute atomic E-state index is 13.3. The van der Waals surface area contributed by atoms with Crippen molar-refractivity contribution in [2.45, 2.75) is 53.2 Å². The molecule has 8 heterocycles. The summed E-state index contributed by atoms with van der Waals surface area (Å²) in [5.41, 5.74) is 24.5. The molecule has 0 fully saturated rings. The fraction of sp³-hybridized carbons (Fsp3) is 0.0667. The van der Waals surface area contributed by atoms with Crippen LogP contribution < -0.4 is 0 Å². The van der Waals surface area contributed by atoms with Crippen molar-refractivity contribution >= 4 is 0 Å². The molecule has 20 rings (SSSR count). The summed E-state index contributed by atoms with van der Waals surface area (Å²) in [5, 5.41) is 0. The number of hydrogen-bond acceptors (Lipinski definition) is 8. The van der Waals surface area contributed by atoms with Crippen LogP contribution in [0.4, 0.5) is 8.78 Å². The largest absolute Gasteiger partial charge is 0.305 e. The Bertz CT molecular complexity index is 6460. The Morgan fingerprint density at radius 3 is 0.836 bits per heavy atom. The van der Waals surface area contributed by atoms with E-state index in [1.807, 2.05) is 334 Å². The topological polar surface area (TPSA) is 103 Å². The number of aryl methyl sites for hydroxylation is 3. The molecule has 0 aliphatic heterocycles. The fourth-order valence-corrected chi connectivity index (χ4v) is 13.0. The summed E-state index contributed by atoms with van der Waals surface area (Å²) in [7, 11) is 0.